The molecule has 21 heavy (non-hydrogen) atoms. The molecule has 1 aromatic rings. The molecule has 1 atom stereocenters. The monoisotopic (exact) mass is 353 g/mol. The molecule has 1 aromatic carbocycles. The van der Waals surface area contributed by atoms with E-state index in [4.69, 9.17) is 4.74 Å². The molecule has 0 spiro atoms. The summed E-state index contributed by atoms with van der Waals surface area (Å²) in [7, 11) is 0. The third-order valence-corrected chi connectivity index (χ3v) is 4.54. The molecule has 2 rings (SSSR count). The summed E-state index contributed by atoms with van der Waals surface area (Å²) in [5.41, 5.74) is 0. The highest BCUT2D eigenvalue weighted by molar-refractivity contribution is 9.10. The van der Waals surface area contributed by atoms with E-state index in [1.165, 1.54) is 12.8 Å². The number of benzene rings is 1. The second-order valence-electron chi connectivity index (χ2n) is 5.67. The maximum Gasteiger partial charge on any atom is 0.222 e. The van der Waals surface area contributed by atoms with Crippen LogP contribution in [0.3, 0.4) is 0 Å². The van der Waals surface area contributed by atoms with Crippen molar-refractivity contribution in [1.82, 2.24) is 4.90 Å². The maximum absolute atomic E-state index is 12.1. The van der Waals surface area contributed by atoms with Crippen molar-refractivity contribution in [2.24, 2.45) is 5.92 Å². The number of carbonyl (C=O) groups is 1. The van der Waals surface area contributed by atoms with Crippen LogP contribution in [-0.2, 0) is 4.79 Å². The fourth-order valence-corrected chi connectivity index (χ4v) is 3.24. The molecule has 1 amide bonds. The van der Waals surface area contributed by atoms with Crippen LogP contribution in [0, 0.1) is 5.92 Å². The van der Waals surface area contributed by atoms with E-state index in [-0.39, 0.29) is 5.91 Å². The predicted molar refractivity (Wildman–Crippen MR) is 88.5 cm³/mol. The van der Waals surface area contributed by atoms with Crippen molar-refractivity contribution in [3.05, 3.63) is 28.7 Å². The maximum atomic E-state index is 12.1. The molecule has 1 aliphatic rings. The lowest BCUT2D eigenvalue weighted by Gasteiger charge is -2.21. The largest absolute Gasteiger partial charge is 0.492 e. The quantitative estimate of drug-likeness (QED) is 0.764. The second kappa shape index (κ2) is 8.42. The van der Waals surface area contributed by atoms with Crippen molar-refractivity contribution in [2.75, 3.05) is 19.7 Å². The van der Waals surface area contributed by atoms with Gasteiger partial charge in [-0.05, 0) is 37.0 Å². The lowest BCUT2D eigenvalue weighted by Crippen LogP contribution is -2.34. The highest BCUT2D eigenvalue weighted by Gasteiger charge is 2.21. The number of ether oxygens (including phenoxy) is 1. The highest BCUT2D eigenvalue weighted by atomic mass is 79.9. The Morgan fingerprint density at radius 2 is 2.24 bits per heavy atom. The van der Waals surface area contributed by atoms with Crippen LogP contribution in [0.15, 0.2) is 28.7 Å². The molecule has 0 radical (unpaired) electrons. The average molecular weight is 354 g/mol. The summed E-state index contributed by atoms with van der Waals surface area (Å²) in [6.07, 6.45) is 5.34. The first-order valence-corrected chi connectivity index (χ1v) is 8.64. The first kappa shape index (κ1) is 16.3. The van der Waals surface area contributed by atoms with Crippen LogP contribution in [0.25, 0.3) is 0 Å². The molecule has 1 fully saturated rings. The molecule has 1 unspecified atom stereocenters. The number of hydrogen-bond donors (Lipinski definition) is 0. The lowest BCUT2D eigenvalue weighted by molar-refractivity contribution is -0.131. The Kier molecular flexibility index (Phi) is 6.55. The zero-order valence-electron chi connectivity index (χ0n) is 12.7. The van der Waals surface area contributed by atoms with Crippen LogP contribution < -0.4 is 4.74 Å². The van der Waals surface area contributed by atoms with E-state index in [0.29, 0.717) is 19.6 Å². The lowest BCUT2D eigenvalue weighted by atomic mass is 9.96. The predicted octanol–water partition coefficient (Wildman–Crippen LogP) is 4.26. The smallest absolute Gasteiger partial charge is 0.222 e. The molecular formula is C17H24BrNO2. The number of rotatable bonds is 6. The van der Waals surface area contributed by atoms with Crippen molar-refractivity contribution >= 4 is 21.8 Å². The van der Waals surface area contributed by atoms with E-state index in [9.17, 15) is 4.79 Å². The number of likely N-dealkylation sites (tertiary alicyclic amines) is 1. The Morgan fingerprint density at radius 3 is 3.00 bits per heavy atom. The number of hydrogen-bond acceptors (Lipinski definition) is 2. The van der Waals surface area contributed by atoms with E-state index in [1.54, 1.807) is 0 Å². The summed E-state index contributed by atoms with van der Waals surface area (Å²) in [5.74, 6) is 1.84. The topological polar surface area (TPSA) is 29.5 Å². The van der Waals surface area contributed by atoms with Crippen molar-refractivity contribution < 1.29 is 9.53 Å². The van der Waals surface area contributed by atoms with Gasteiger partial charge in [0, 0.05) is 17.4 Å². The number of amides is 1. The van der Waals surface area contributed by atoms with E-state index >= 15 is 0 Å². The Labute approximate surface area is 135 Å². The van der Waals surface area contributed by atoms with Crippen molar-refractivity contribution in [3.8, 4) is 5.75 Å². The van der Waals surface area contributed by atoms with Crippen molar-refractivity contribution in [1.29, 1.82) is 0 Å². The third kappa shape index (κ3) is 5.34. The zero-order valence-corrected chi connectivity index (χ0v) is 14.3. The van der Waals surface area contributed by atoms with Gasteiger partial charge in [0.15, 0.2) is 0 Å². The minimum atomic E-state index is 0.284. The summed E-state index contributed by atoms with van der Waals surface area (Å²) in [6, 6.07) is 7.80. The van der Waals surface area contributed by atoms with Crippen LogP contribution in [0.5, 0.6) is 5.75 Å². The van der Waals surface area contributed by atoms with Crippen molar-refractivity contribution in [2.45, 2.75) is 39.0 Å². The van der Waals surface area contributed by atoms with Gasteiger partial charge < -0.3 is 9.64 Å². The summed E-state index contributed by atoms with van der Waals surface area (Å²) in [5, 5.41) is 0. The average Bonchev–Trinajstić information content (AvgIpc) is 2.63. The second-order valence-corrected chi connectivity index (χ2v) is 6.58. The number of nitrogens with zero attached hydrogens (tertiary/aromatic N) is 1. The molecule has 0 saturated carbocycles. The molecule has 0 N–H and O–H groups in total. The number of halogens is 1. The molecule has 0 aromatic heterocycles. The van der Waals surface area contributed by atoms with Crippen LogP contribution >= 0.6 is 15.9 Å². The zero-order chi connectivity index (χ0) is 15.1. The molecule has 116 valence electrons. The van der Waals surface area contributed by atoms with Gasteiger partial charge in [-0.1, -0.05) is 41.8 Å². The molecule has 4 heteroatoms. The third-order valence-electron chi connectivity index (χ3n) is 4.05. The first-order chi connectivity index (χ1) is 10.2. The SMILES string of the molecule is CCCC1CCC(=O)N(CCOc2cccc(Br)c2)CC1. The highest BCUT2D eigenvalue weighted by Crippen LogP contribution is 2.22. The number of carbonyl (C=O) groups excluding carboxylic acids is 1. The van der Waals surface area contributed by atoms with Crippen LogP contribution in [0.4, 0.5) is 0 Å². The fourth-order valence-electron chi connectivity index (χ4n) is 2.86. The van der Waals surface area contributed by atoms with Gasteiger partial charge in [0.1, 0.15) is 12.4 Å². The van der Waals surface area contributed by atoms with Gasteiger partial charge in [-0.15, -0.1) is 0 Å². The van der Waals surface area contributed by atoms with Crippen LogP contribution in [0.2, 0.25) is 0 Å². The van der Waals surface area contributed by atoms with Gasteiger partial charge >= 0.3 is 0 Å². The standard InChI is InChI=1S/C17H24BrNO2/c1-2-4-14-7-8-17(20)19(10-9-14)11-12-21-16-6-3-5-15(18)13-16/h3,5-6,13-14H,2,4,7-12H2,1H3. The Balaban J connectivity index is 1.78. The van der Waals surface area contributed by atoms with Crippen molar-refractivity contribution in [3.63, 3.8) is 0 Å². The fraction of sp³-hybridized carbons (Fsp3) is 0.588. The van der Waals surface area contributed by atoms with Gasteiger partial charge in [-0.25, -0.2) is 0 Å². The normalized spacial score (nSPS) is 19.4. The molecule has 0 aliphatic carbocycles. The van der Waals surface area contributed by atoms with E-state index in [2.05, 4.69) is 22.9 Å². The summed E-state index contributed by atoms with van der Waals surface area (Å²) < 4.78 is 6.74. The molecule has 3 nitrogen and oxygen atoms in total. The molecular weight excluding hydrogens is 330 g/mol. The van der Waals surface area contributed by atoms with Gasteiger partial charge in [0.25, 0.3) is 0 Å². The first-order valence-electron chi connectivity index (χ1n) is 7.85. The van der Waals surface area contributed by atoms with E-state index < -0.39 is 0 Å². The van der Waals surface area contributed by atoms with Gasteiger partial charge in [-0.2, -0.15) is 0 Å². The van der Waals surface area contributed by atoms with Crippen LogP contribution in [0.1, 0.15) is 39.0 Å². The molecule has 1 heterocycles. The minimum Gasteiger partial charge on any atom is -0.492 e. The Hall–Kier alpha value is -1.03. The van der Waals surface area contributed by atoms with Gasteiger partial charge in [0.05, 0.1) is 6.54 Å². The summed E-state index contributed by atoms with van der Waals surface area (Å²) >= 11 is 3.43. The van der Waals surface area contributed by atoms with Crippen LogP contribution in [-0.4, -0.2) is 30.5 Å². The molecule has 1 aliphatic heterocycles. The van der Waals surface area contributed by atoms with E-state index in [1.807, 2.05) is 29.2 Å². The van der Waals surface area contributed by atoms with E-state index in [0.717, 1.165) is 35.5 Å². The Morgan fingerprint density at radius 1 is 1.38 bits per heavy atom. The summed E-state index contributed by atoms with van der Waals surface area (Å²) in [4.78, 5) is 14.1. The Bertz CT molecular complexity index is 464. The molecule has 0 bridgehead atoms. The van der Waals surface area contributed by atoms with Gasteiger partial charge in [-0.3, -0.25) is 4.79 Å². The summed E-state index contributed by atoms with van der Waals surface area (Å²) in [6.45, 7) is 4.34. The minimum absolute atomic E-state index is 0.284. The molecule has 1 saturated heterocycles. The van der Waals surface area contributed by atoms with Gasteiger partial charge in [0.2, 0.25) is 5.91 Å².